The molecular weight excluding hydrogens is 360 g/mol. The maximum absolute atomic E-state index is 13.1. The van der Waals surface area contributed by atoms with E-state index < -0.39 is 6.04 Å². The summed E-state index contributed by atoms with van der Waals surface area (Å²) < 4.78 is 14.1. The van der Waals surface area contributed by atoms with Crippen LogP contribution in [0.25, 0.3) is 16.6 Å². The SMILES string of the molecule is CCOCCCNC(=O)[C@@H](CC)n1nc(CC)n2c(cc3oc(C)cc32)c1=O. The fraction of sp³-hybridized carbons (Fsp3) is 0.550. The molecule has 1 amide bonds. The number of hydrogen-bond donors (Lipinski definition) is 1. The number of amides is 1. The lowest BCUT2D eigenvalue weighted by Crippen LogP contribution is -2.40. The van der Waals surface area contributed by atoms with E-state index >= 15 is 0 Å². The molecule has 8 nitrogen and oxygen atoms in total. The van der Waals surface area contributed by atoms with Crippen LogP contribution >= 0.6 is 0 Å². The summed E-state index contributed by atoms with van der Waals surface area (Å²) in [6, 6.07) is 2.97. The van der Waals surface area contributed by atoms with Gasteiger partial charge in [-0.05, 0) is 26.7 Å². The monoisotopic (exact) mass is 388 g/mol. The molecule has 0 saturated carbocycles. The number of hydrogen-bond acceptors (Lipinski definition) is 5. The van der Waals surface area contributed by atoms with Crippen LogP contribution < -0.4 is 10.9 Å². The van der Waals surface area contributed by atoms with E-state index in [1.807, 2.05) is 38.2 Å². The molecule has 0 unspecified atom stereocenters. The van der Waals surface area contributed by atoms with Crippen LogP contribution in [0, 0.1) is 6.92 Å². The van der Waals surface area contributed by atoms with Crippen LogP contribution in [0.3, 0.4) is 0 Å². The Labute approximate surface area is 163 Å². The first-order valence-corrected chi connectivity index (χ1v) is 9.90. The van der Waals surface area contributed by atoms with Crippen LogP contribution in [-0.2, 0) is 16.0 Å². The van der Waals surface area contributed by atoms with Gasteiger partial charge in [0.05, 0.1) is 5.52 Å². The lowest BCUT2D eigenvalue weighted by Gasteiger charge is -2.18. The second-order valence-electron chi connectivity index (χ2n) is 6.76. The summed E-state index contributed by atoms with van der Waals surface area (Å²) in [5, 5.41) is 7.43. The van der Waals surface area contributed by atoms with E-state index in [2.05, 4.69) is 10.4 Å². The average molecular weight is 388 g/mol. The zero-order chi connectivity index (χ0) is 20.3. The molecule has 0 spiro atoms. The van der Waals surface area contributed by atoms with Gasteiger partial charge in [0, 0.05) is 38.3 Å². The predicted octanol–water partition coefficient (Wildman–Crippen LogP) is 2.61. The first kappa shape index (κ1) is 20.1. The second-order valence-corrected chi connectivity index (χ2v) is 6.76. The Bertz CT molecular complexity index is 1030. The first-order chi connectivity index (χ1) is 13.5. The molecule has 0 aliphatic rings. The Balaban J connectivity index is 1.95. The predicted molar refractivity (Wildman–Crippen MR) is 107 cm³/mol. The summed E-state index contributed by atoms with van der Waals surface area (Å²) in [6.07, 6.45) is 1.82. The number of carbonyl (C=O) groups excluding carboxylic acids is 1. The van der Waals surface area contributed by atoms with E-state index in [4.69, 9.17) is 9.15 Å². The molecule has 0 saturated heterocycles. The largest absolute Gasteiger partial charge is 0.460 e. The molecule has 0 radical (unpaired) electrons. The summed E-state index contributed by atoms with van der Waals surface area (Å²) in [4.78, 5) is 25.8. The van der Waals surface area contributed by atoms with Gasteiger partial charge >= 0.3 is 0 Å². The van der Waals surface area contributed by atoms with Crippen molar-refractivity contribution in [3.63, 3.8) is 0 Å². The number of aryl methyl sites for hydroxylation is 2. The van der Waals surface area contributed by atoms with Crippen molar-refractivity contribution in [2.75, 3.05) is 19.8 Å². The highest BCUT2D eigenvalue weighted by molar-refractivity contribution is 5.83. The topological polar surface area (TPSA) is 90.8 Å². The van der Waals surface area contributed by atoms with Gasteiger partial charge in [-0.2, -0.15) is 5.10 Å². The van der Waals surface area contributed by atoms with Crippen molar-refractivity contribution < 1.29 is 13.9 Å². The molecule has 3 rings (SSSR count). The highest BCUT2D eigenvalue weighted by Crippen LogP contribution is 2.23. The molecule has 0 aromatic carbocycles. The molecule has 28 heavy (non-hydrogen) atoms. The zero-order valence-corrected chi connectivity index (χ0v) is 16.9. The van der Waals surface area contributed by atoms with Crippen LogP contribution in [0.2, 0.25) is 0 Å². The number of aromatic nitrogens is 3. The summed E-state index contributed by atoms with van der Waals surface area (Å²) in [5.74, 6) is 1.29. The second kappa shape index (κ2) is 8.60. The Morgan fingerprint density at radius 2 is 2.07 bits per heavy atom. The van der Waals surface area contributed by atoms with Crippen molar-refractivity contribution in [3.05, 3.63) is 34.1 Å². The molecule has 1 atom stereocenters. The van der Waals surface area contributed by atoms with Crippen molar-refractivity contribution in [3.8, 4) is 0 Å². The molecule has 3 heterocycles. The number of ether oxygens (including phenoxy) is 1. The minimum atomic E-state index is -0.655. The van der Waals surface area contributed by atoms with E-state index in [0.717, 1.165) is 17.7 Å². The maximum atomic E-state index is 13.1. The van der Waals surface area contributed by atoms with Gasteiger partial charge in [-0.25, -0.2) is 4.68 Å². The van der Waals surface area contributed by atoms with Gasteiger partial charge in [-0.15, -0.1) is 0 Å². The number of nitrogens with one attached hydrogen (secondary N) is 1. The van der Waals surface area contributed by atoms with Crippen molar-refractivity contribution in [2.24, 2.45) is 0 Å². The van der Waals surface area contributed by atoms with Crippen molar-refractivity contribution >= 4 is 22.5 Å². The molecule has 8 heteroatoms. The lowest BCUT2D eigenvalue weighted by molar-refractivity contribution is -0.124. The number of nitrogens with zero attached hydrogens (tertiary/aromatic N) is 3. The number of furan rings is 1. The van der Waals surface area contributed by atoms with Crippen LogP contribution in [0.4, 0.5) is 0 Å². The quantitative estimate of drug-likeness (QED) is 0.569. The number of rotatable bonds is 9. The number of carbonyl (C=O) groups is 1. The van der Waals surface area contributed by atoms with E-state index in [1.54, 1.807) is 6.07 Å². The van der Waals surface area contributed by atoms with E-state index in [9.17, 15) is 9.59 Å². The fourth-order valence-electron chi connectivity index (χ4n) is 3.44. The van der Waals surface area contributed by atoms with Gasteiger partial charge < -0.3 is 14.5 Å². The van der Waals surface area contributed by atoms with Gasteiger partial charge in [0.15, 0.2) is 5.58 Å². The summed E-state index contributed by atoms with van der Waals surface area (Å²) in [7, 11) is 0. The molecular formula is C20H28N4O4. The number of fused-ring (bicyclic) bond motifs is 3. The summed E-state index contributed by atoms with van der Waals surface area (Å²) in [5.41, 5.74) is 1.66. The van der Waals surface area contributed by atoms with Crippen LogP contribution in [0.1, 0.15) is 51.2 Å². The molecule has 3 aromatic rings. The molecule has 0 aliphatic heterocycles. The third-order valence-electron chi connectivity index (χ3n) is 4.79. The normalized spacial score (nSPS) is 12.7. The van der Waals surface area contributed by atoms with Crippen molar-refractivity contribution in [2.45, 2.75) is 53.0 Å². The van der Waals surface area contributed by atoms with E-state index in [1.165, 1.54) is 4.68 Å². The summed E-state index contributed by atoms with van der Waals surface area (Å²) >= 11 is 0. The molecule has 0 aliphatic carbocycles. The fourth-order valence-corrected chi connectivity index (χ4v) is 3.44. The van der Waals surface area contributed by atoms with Crippen LogP contribution in [0.15, 0.2) is 21.3 Å². The van der Waals surface area contributed by atoms with E-state index in [-0.39, 0.29) is 11.5 Å². The van der Waals surface area contributed by atoms with Gasteiger partial charge in [0.25, 0.3) is 5.56 Å². The highest BCUT2D eigenvalue weighted by Gasteiger charge is 2.24. The minimum absolute atomic E-state index is 0.203. The van der Waals surface area contributed by atoms with E-state index in [0.29, 0.717) is 49.5 Å². The lowest BCUT2D eigenvalue weighted by atomic mass is 10.2. The van der Waals surface area contributed by atoms with Crippen molar-refractivity contribution in [1.82, 2.24) is 19.5 Å². The standard InChI is InChI=1S/C20H28N4O4/c1-5-14(19(25)21-9-8-10-27-7-3)24-20(26)16-12-17-15(11-13(4)28-17)23(16)18(6-2)22-24/h11-12,14H,5-10H2,1-4H3,(H,21,25)/t14-/m1/s1. The van der Waals surface area contributed by atoms with Crippen molar-refractivity contribution in [1.29, 1.82) is 0 Å². The minimum Gasteiger partial charge on any atom is -0.460 e. The van der Waals surface area contributed by atoms with Gasteiger partial charge in [0.2, 0.25) is 5.91 Å². The van der Waals surface area contributed by atoms with Gasteiger partial charge in [-0.3, -0.25) is 14.0 Å². The third kappa shape index (κ3) is 3.69. The summed E-state index contributed by atoms with van der Waals surface area (Å²) in [6.45, 7) is 9.42. The molecule has 152 valence electrons. The highest BCUT2D eigenvalue weighted by atomic mass is 16.5. The molecule has 0 bridgehead atoms. The zero-order valence-electron chi connectivity index (χ0n) is 16.9. The molecule has 3 aromatic heterocycles. The van der Waals surface area contributed by atoms with Crippen LogP contribution in [-0.4, -0.2) is 39.8 Å². The Hall–Kier alpha value is -2.61. The van der Waals surface area contributed by atoms with Gasteiger partial charge in [-0.1, -0.05) is 13.8 Å². The Kier molecular flexibility index (Phi) is 6.18. The third-order valence-corrected chi connectivity index (χ3v) is 4.79. The Morgan fingerprint density at radius 3 is 2.75 bits per heavy atom. The van der Waals surface area contributed by atoms with Gasteiger partial charge in [0.1, 0.15) is 23.1 Å². The smallest absolute Gasteiger partial charge is 0.291 e. The molecule has 1 N–H and O–H groups in total. The maximum Gasteiger partial charge on any atom is 0.291 e. The first-order valence-electron chi connectivity index (χ1n) is 9.90. The average Bonchev–Trinajstić information content (AvgIpc) is 3.20. The van der Waals surface area contributed by atoms with Crippen LogP contribution in [0.5, 0.6) is 0 Å². The molecule has 0 fully saturated rings. The Morgan fingerprint density at radius 1 is 1.29 bits per heavy atom.